The highest BCUT2D eigenvalue weighted by Crippen LogP contribution is 2.32. The average Bonchev–Trinajstić information content (AvgIpc) is 2.47. The second-order valence-electron chi connectivity index (χ2n) is 3.90. The van der Waals surface area contributed by atoms with Gasteiger partial charge in [0.15, 0.2) is 0 Å². The highest BCUT2D eigenvalue weighted by molar-refractivity contribution is 9.11. The van der Waals surface area contributed by atoms with E-state index in [2.05, 4.69) is 57.3 Å². The lowest BCUT2D eigenvalue weighted by Gasteiger charge is -2.10. The number of benzene rings is 1. The zero-order valence-corrected chi connectivity index (χ0v) is 10.2. The Morgan fingerprint density at radius 1 is 1.06 bits per heavy atom. The van der Waals surface area contributed by atoms with E-state index in [0.29, 0.717) is 0 Å². The first-order chi connectivity index (χ1) is 7.83. The van der Waals surface area contributed by atoms with Gasteiger partial charge in [-0.3, -0.25) is 4.99 Å². The SMILES string of the molecule is BrC1=CC=C2N=Cc3ccccc3C=C2C1. The predicted octanol–water partition coefficient (Wildman–Crippen LogP) is 4.07. The van der Waals surface area contributed by atoms with Crippen molar-refractivity contribution >= 4 is 28.2 Å². The Morgan fingerprint density at radius 2 is 1.88 bits per heavy atom. The van der Waals surface area contributed by atoms with Crippen LogP contribution in [0.5, 0.6) is 0 Å². The molecule has 1 aromatic rings. The first-order valence-electron chi connectivity index (χ1n) is 5.23. The lowest BCUT2D eigenvalue weighted by molar-refractivity contribution is 1.16. The van der Waals surface area contributed by atoms with Crippen LogP contribution < -0.4 is 0 Å². The standard InChI is InChI=1S/C14H10BrN/c15-13-5-6-14-12(8-13)7-10-3-1-2-4-11(10)9-16-14/h1-7,9H,8H2. The molecule has 2 heteroatoms. The van der Waals surface area contributed by atoms with Crippen molar-refractivity contribution in [3.8, 4) is 0 Å². The molecule has 0 fully saturated rings. The minimum Gasteiger partial charge on any atom is -0.256 e. The largest absolute Gasteiger partial charge is 0.256 e. The molecule has 0 N–H and O–H groups in total. The zero-order chi connectivity index (χ0) is 11.0. The topological polar surface area (TPSA) is 12.4 Å². The molecule has 0 spiro atoms. The summed E-state index contributed by atoms with van der Waals surface area (Å²) in [5.74, 6) is 0. The maximum absolute atomic E-state index is 4.52. The third-order valence-corrected chi connectivity index (χ3v) is 3.32. The third-order valence-electron chi connectivity index (χ3n) is 2.78. The molecule has 0 bridgehead atoms. The second kappa shape index (κ2) is 3.87. The monoisotopic (exact) mass is 271 g/mol. The summed E-state index contributed by atoms with van der Waals surface area (Å²) >= 11 is 3.54. The molecule has 3 rings (SSSR count). The van der Waals surface area contributed by atoms with Gasteiger partial charge in [-0.1, -0.05) is 40.2 Å². The summed E-state index contributed by atoms with van der Waals surface area (Å²) in [6, 6.07) is 8.33. The Labute approximate surface area is 103 Å². The van der Waals surface area contributed by atoms with Crippen LogP contribution in [-0.4, -0.2) is 6.21 Å². The molecule has 0 atom stereocenters. The number of hydrogen-bond acceptors (Lipinski definition) is 1. The van der Waals surface area contributed by atoms with Crippen LogP contribution in [0.2, 0.25) is 0 Å². The molecular formula is C14H10BrN. The fourth-order valence-corrected chi connectivity index (χ4v) is 2.38. The average molecular weight is 272 g/mol. The molecule has 1 heterocycles. The quantitative estimate of drug-likeness (QED) is 0.675. The van der Waals surface area contributed by atoms with Crippen LogP contribution in [0, 0.1) is 0 Å². The van der Waals surface area contributed by atoms with E-state index in [9.17, 15) is 0 Å². The minimum absolute atomic E-state index is 0.928. The molecule has 78 valence electrons. The van der Waals surface area contributed by atoms with Gasteiger partial charge >= 0.3 is 0 Å². The van der Waals surface area contributed by atoms with E-state index in [1.807, 2.05) is 12.3 Å². The molecule has 0 aromatic heterocycles. The van der Waals surface area contributed by atoms with Gasteiger partial charge in [-0.05, 0) is 39.4 Å². The van der Waals surface area contributed by atoms with Crippen molar-refractivity contribution in [2.24, 2.45) is 4.99 Å². The van der Waals surface area contributed by atoms with Crippen LogP contribution in [0.4, 0.5) is 0 Å². The van der Waals surface area contributed by atoms with Gasteiger partial charge in [-0.2, -0.15) is 0 Å². The maximum atomic E-state index is 4.52. The predicted molar refractivity (Wildman–Crippen MR) is 71.7 cm³/mol. The van der Waals surface area contributed by atoms with Crippen LogP contribution in [0.1, 0.15) is 17.5 Å². The number of halogens is 1. The third kappa shape index (κ3) is 1.69. The van der Waals surface area contributed by atoms with E-state index >= 15 is 0 Å². The summed E-state index contributed by atoms with van der Waals surface area (Å²) in [7, 11) is 0. The van der Waals surface area contributed by atoms with Gasteiger partial charge in [0.1, 0.15) is 0 Å². The van der Waals surface area contributed by atoms with Gasteiger partial charge in [-0.15, -0.1) is 0 Å². The Kier molecular flexibility index (Phi) is 2.37. The van der Waals surface area contributed by atoms with Crippen LogP contribution in [0.25, 0.3) is 6.08 Å². The van der Waals surface area contributed by atoms with Crippen molar-refractivity contribution in [3.05, 3.63) is 63.3 Å². The smallest absolute Gasteiger partial charge is 0.0665 e. The van der Waals surface area contributed by atoms with E-state index in [-0.39, 0.29) is 0 Å². The van der Waals surface area contributed by atoms with Crippen molar-refractivity contribution in [1.29, 1.82) is 0 Å². The Hall–Kier alpha value is -1.41. The number of rotatable bonds is 0. The van der Waals surface area contributed by atoms with Crippen LogP contribution in [0.3, 0.4) is 0 Å². The molecule has 0 saturated heterocycles. The minimum atomic E-state index is 0.928. The van der Waals surface area contributed by atoms with Crippen LogP contribution in [-0.2, 0) is 0 Å². The summed E-state index contributed by atoms with van der Waals surface area (Å²) in [6.07, 6.45) is 9.22. The fourth-order valence-electron chi connectivity index (χ4n) is 1.95. The first-order valence-corrected chi connectivity index (χ1v) is 6.02. The van der Waals surface area contributed by atoms with Gasteiger partial charge in [0.2, 0.25) is 0 Å². The molecule has 0 radical (unpaired) electrons. The summed E-state index contributed by atoms with van der Waals surface area (Å²) < 4.78 is 1.21. The summed E-state index contributed by atoms with van der Waals surface area (Å²) in [5, 5.41) is 0. The van der Waals surface area contributed by atoms with Crippen molar-refractivity contribution < 1.29 is 0 Å². The van der Waals surface area contributed by atoms with Crippen molar-refractivity contribution in [3.63, 3.8) is 0 Å². The first kappa shape index (κ1) is 9.79. The number of fused-ring (bicyclic) bond motifs is 2. The van der Waals surface area contributed by atoms with Crippen LogP contribution >= 0.6 is 15.9 Å². The maximum Gasteiger partial charge on any atom is 0.0665 e. The Balaban J connectivity index is 2.17. The van der Waals surface area contributed by atoms with E-state index < -0.39 is 0 Å². The molecule has 0 saturated carbocycles. The molecule has 1 aliphatic carbocycles. The molecule has 1 aliphatic heterocycles. The molecule has 1 aromatic carbocycles. The normalized spacial score (nSPS) is 17.7. The van der Waals surface area contributed by atoms with Crippen molar-refractivity contribution in [1.82, 2.24) is 0 Å². The van der Waals surface area contributed by atoms with Gasteiger partial charge in [-0.25, -0.2) is 0 Å². The summed E-state index contributed by atoms with van der Waals surface area (Å²) in [6.45, 7) is 0. The highest BCUT2D eigenvalue weighted by atomic mass is 79.9. The Bertz CT molecular complexity index is 562. The van der Waals surface area contributed by atoms with Crippen molar-refractivity contribution in [2.45, 2.75) is 6.42 Å². The molecule has 16 heavy (non-hydrogen) atoms. The Morgan fingerprint density at radius 3 is 2.75 bits per heavy atom. The van der Waals surface area contributed by atoms with E-state index in [1.165, 1.54) is 21.2 Å². The number of allylic oxidation sites excluding steroid dienone is 4. The van der Waals surface area contributed by atoms with Crippen molar-refractivity contribution in [2.75, 3.05) is 0 Å². The van der Waals surface area contributed by atoms with Gasteiger partial charge in [0, 0.05) is 12.6 Å². The number of aliphatic imine (C=N–C) groups is 1. The van der Waals surface area contributed by atoms with Gasteiger partial charge in [0.05, 0.1) is 5.70 Å². The summed E-state index contributed by atoms with van der Waals surface area (Å²) in [5.41, 5.74) is 4.77. The fraction of sp³-hybridized carbons (Fsp3) is 0.0714. The molecule has 0 unspecified atom stereocenters. The van der Waals surface area contributed by atoms with E-state index in [0.717, 1.165) is 12.1 Å². The molecule has 0 amide bonds. The molecule has 2 aliphatic rings. The zero-order valence-electron chi connectivity index (χ0n) is 8.65. The second-order valence-corrected chi connectivity index (χ2v) is 4.92. The number of hydrogen-bond donors (Lipinski definition) is 0. The van der Waals surface area contributed by atoms with Crippen LogP contribution in [0.15, 0.2) is 57.2 Å². The lowest BCUT2D eigenvalue weighted by atomic mass is 10.0. The van der Waals surface area contributed by atoms with E-state index in [1.54, 1.807) is 0 Å². The molecular weight excluding hydrogens is 262 g/mol. The van der Waals surface area contributed by atoms with Gasteiger partial charge in [0.25, 0.3) is 0 Å². The highest BCUT2D eigenvalue weighted by Gasteiger charge is 2.13. The number of nitrogens with zero attached hydrogens (tertiary/aromatic N) is 1. The van der Waals surface area contributed by atoms with Gasteiger partial charge < -0.3 is 0 Å². The summed E-state index contributed by atoms with van der Waals surface area (Å²) in [4.78, 5) is 4.52. The lowest BCUT2D eigenvalue weighted by Crippen LogP contribution is -1.91. The molecule has 1 nitrogen and oxygen atoms in total. The van der Waals surface area contributed by atoms with E-state index in [4.69, 9.17) is 0 Å².